The Morgan fingerprint density at radius 3 is 0.610 bits per heavy atom. The Labute approximate surface area is 294 Å². The van der Waals surface area contributed by atoms with Gasteiger partial charge in [0.05, 0.1) is 0 Å². The van der Waals surface area contributed by atoms with Crippen LogP contribution in [-0.4, -0.2) is 67.6 Å². The first-order chi connectivity index (χ1) is 19.5. The molecule has 0 bridgehead atoms. The number of aliphatic carboxylic acids is 2. The van der Waals surface area contributed by atoms with Crippen LogP contribution in [0.5, 0.6) is 0 Å². The van der Waals surface area contributed by atoms with Gasteiger partial charge in [-0.05, 0) is 12.8 Å². The van der Waals surface area contributed by atoms with E-state index in [9.17, 15) is 9.59 Å². The zero-order chi connectivity index (χ0) is 29.8. The Kier molecular flexibility index (Phi) is 47.6. The minimum absolute atomic E-state index is 0. The maximum absolute atomic E-state index is 10.3. The first-order valence-corrected chi connectivity index (χ1v) is 18.0. The zero-order valence-electron chi connectivity index (χ0n) is 28.0. The molecular weight excluding hydrogens is 584 g/mol. The summed E-state index contributed by atoms with van der Waals surface area (Å²) in [4.78, 5) is 20.7. The molecule has 0 unspecified atom stereocenters. The Bertz CT molecular complexity index is 454. The van der Waals surface area contributed by atoms with E-state index in [1.165, 1.54) is 167 Å². The third kappa shape index (κ3) is 50.4. The van der Waals surface area contributed by atoms with Crippen molar-refractivity contribution in [1.82, 2.24) is 0 Å². The summed E-state index contributed by atoms with van der Waals surface area (Å²) in [6.07, 6.45) is 40.4. The van der Waals surface area contributed by atoms with E-state index in [-0.39, 0.29) is 45.5 Å². The van der Waals surface area contributed by atoms with Crippen LogP contribution in [0.1, 0.15) is 219 Å². The fourth-order valence-electron chi connectivity index (χ4n) is 5.30. The molecule has 2 radical (unpaired) electrons. The second-order valence-corrected chi connectivity index (χ2v) is 12.2. The summed E-state index contributed by atoms with van der Waals surface area (Å²) >= 11 is 0. The summed E-state index contributed by atoms with van der Waals surface area (Å²) in [5.41, 5.74) is 0. The van der Waals surface area contributed by atoms with E-state index in [2.05, 4.69) is 13.8 Å². The van der Waals surface area contributed by atoms with Crippen LogP contribution in [0.3, 0.4) is 0 Å². The van der Waals surface area contributed by atoms with Crippen LogP contribution in [0, 0.1) is 0 Å². The molecule has 0 amide bonds. The van der Waals surface area contributed by atoms with Crippen LogP contribution in [0.15, 0.2) is 0 Å². The van der Waals surface area contributed by atoms with Gasteiger partial charge < -0.3 is 10.2 Å². The number of rotatable bonds is 32. The molecule has 5 heteroatoms. The van der Waals surface area contributed by atoms with E-state index in [0.29, 0.717) is 12.8 Å². The largest absolute Gasteiger partial charge is 0.481 e. The fourth-order valence-corrected chi connectivity index (χ4v) is 5.30. The van der Waals surface area contributed by atoms with Gasteiger partial charge in [-0.15, -0.1) is 0 Å². The van der Waals surface area contributed by atoms with Gasteiger partial charge in [0, 0.05) is 58.3 Å². The molecule has 0 aliphatic carbocycles. The van der Waals surface area contributed by atoms with Crippen molar-refractivity contribution in [3.8, 4) is 0 Å². The molecule has 0 spiro atoms. The van der Waals surface area contributed by atoms with Crippen molar-refractivity contribution in [2.45, 2.75) is 219 Å². The van der Waals surface area contributed by atoms with E-state index in [4.69, 9.17) is 10.2 Å². The molecule has 242 valence electrons. The van der Waals surface area contributed by atoms with Crippen LogP contribution in [0.2, 0.25) is 0 Å². The Morgan fingerprint density at radius 1 is 0.317 bits per heavy atom. The molecule has 4 nitrogen and oxygen atoms in total. The minimum Gasteiger partial charge on any atom is -0.481 e. The van der Waals surface area contributed by atoms with E-state index >= 15 is 0 Å². The summed E-state index contributed by atoms with van der Waals surface area (Å²) in [5, 5.41) is 17.0. The van der Waals surface area contributed by atoms with Gasteiger partial charge >= 0.3 is 11.9 Å². The SMILES string of the molecule is CCCCCCCCCCCCCCCCCC(=O)O.CCCCCCCCCCCCCCCCCC(=O)O.[Sr]. The summed E-state index contributed by atoms with van der Waals surface area (Å²) in [5.74, 6) is -1.31. The molecule has 0 heterocycles. The van der Waals surface area contributed by atoms with Crippen molar-refractivity contribution in [3.05, 3.63) is 0 Å². The normalized spacial score (nSPS) is 10.6. The second-order valence-electron chi connectivity index (χ2n) is 12.2. The number of hydrogen-bond donors (Lipinski definition) is 2. The van der Waals surface area contributed by atoms with Gasteiger partial charge in [0.1, 0.15) is 0 Å². The van der Waals surface area contributed by atoms with E-state index in [1.54, 1.807) is 0 Å². The first-order valence-electron chi connectivity index (χ1n) is 18.0. The molecule has 0 aliphatic heterocycles. The summed E-state index contributed by atoms with van der Waals surface area (Å²) in [6.45, 7) is 4.54. The van der Waals surface area contributed by atoms with E-state index in [0.717, 1.165) is 25.7 Å². The molecule has 0 aromatic heterocycles. The van der Waals surface area contributed by atoms with E-state index in [1.807, 2.05) is 0 Å². The molecule has 0 saturated heterocycles. The van der Waals surface area contributed by atoms with Gasteiger partial charge in [-0.1, -0.05) is 194 Å². The Morgan fingerprint density at radius 2 is 0.463 bits per heavy atom. The van der Waals surface area contributed by atoms with Crippen molar-refractivity contribution in [2.75, 3.05) is 0 Å². The van der Waals surface area contributed by atoms with Crippen molar-refractivity contribution in [3.63, 3.8) is 0 Å². The Hall–Kier alpha value is 0.421. The molecule has 0 fully saturated rings. The Balaban J connectivity index is -0.000000688. The average molecular weight is 657 g/mol. The van der Waals surface area contributed by atoms with Crippen LogP contribution in [0.25, 0.3) is 0 Å². The maximum atomic E-state index is 10.3. The number of carboxylic acids is 2. The van der Waals surface area contributed by atoms with Crippen molar-refractivity contribution in [2.24, 2.45) is 0 Å². The topological polar surface area (TPSA) is 74.6 Å². The molecule has 0 atom stereocenters. The van der Waals surface area contributed by atoms with Crippen LogP contribution in [-0.2, 0) is 9.59 Å². The van der Waals surface area contributed by atoms with Crippen LogP contribution >= 0.6 is 0 Å². The van der Waals surface area contributed by atoms with Crippen LogP contribution in [0.4, 0.5) is 0 Å². The number of unbranched alkanes of at least 4 members (excludes halogenated alkanes) is 28. The molecule has 41 heavy (non-hydrogen) atoms. The van der Waals surface area contributed by atoms with Gasteiger partial charge in [0.25, 0.3) is 0 Å². The molecule has 2 N–H and O–H groups in total. The molecular formula is C36H72O4Sr. The predicted molar refractivity (Wildman–Crippen MR) is 180 cm³/mol. The molecule has 0 rings (SSSR count). The van der Waals surface area contributed by atoms with Crippen molar-refractivity contribution in [1.29, 1.82) is 0 Å². The van der Waals surface area contributed by atoms with Gasteiger partial charge in [-0.3, -0.25) is 9.59 Å². The predicted octanol–water partition coefficient (Wildman–Crippen LogP) is 12.3. The molecule has 0 saturated carbocycles. The van der Waals surface area contributed by atoms with Crippen molar-refractivity contribution >= 4 is 57.4 Å². The standard InChI is InChI=1S/2C18H36O2.Sr/c2*1-2-3-4-5-6-7-8-9-10-11-12-13-14-15-16-17-18(19)20;/h2*2-17H2,1H3,(H,19,20);. The average Bonchev–Trinajstić information content (AvgIpc) is 2.93. The minimum atomic E-state index is -0.653. The van der Waals surface area contributed by atoms with Crippen molar-refractivity contribution < 1.29 is 19.8 Å². The molecule has 0 aliphatic rings. The summed E-state index contributed by atoms with van der Waals surface area (Å²) in [6, 6.07) is 0. The first kappa shape index (κ1) is 45.8. The number of hydrogen-bond acceptors (Lipinski definition) is 2. The maximum Gasteiger partial charge on any atom is 0.303 e. The molecule has 0 aromatic rings. The van der Waals surface area contributed by atoms with Gasteiger partial charge in [-0.2, -0.15) is 0 Å². The second kappa shape index (κ2) is 42.6. The monoisotopic (exact) mass is 656 g/mol. The third-order valence-corrected chi connectivity index (χ3v) is 7.99. The zero-order valence-corrected chi connectivity index (χ0v) is 31.5. The molecule has 0 aromatic carbocycles. The van der Waals surface area contributed by atoms with Gasteiger partial charge in [0.2, 0.25) is 0 Å². The van der Waals surface area contributed by atoms with Gasteiger partial charge in [0.15, 0.2) is 0 Å². The van der Waals surface area contributed by atoms with E-state index < -0.39 is 11.9 Å². The number of carbonyl (C=O) groups is 2. The fraction of sp³-hybridized carbons (Fsp3) is 0.944. The summed E-state index contributed by atoms with van der Waals surface area (Å²) in [7, 11) is 0. The third-order valence-electron chi connectivity index (χ3n) is 7.99. The number of carboxylic acid groups (broad SMARTS) is 2. The quantitative estimate of drug-likeness (QED) is 0.0558. The summed E-state index contributed by atoms with van der Waals surface area (Å²) < 4.78 is 0. The van der Waals surface area contributed by atoms with Crippen LogP contribution < -0.4 is 0 Å². The smallest absolute Gasteiger partial charge is 0.303 e. The van der Waals surface area contributed by atoms with Gasteiger partial charge in [-0.25, -0.2) is 0 Å².